The van der Waals surface area contributed by atoms with E-state index < -0.39 is 0 Å². The van der Waals surface area contributed by atoms with Gasteiger partial charge < -0.3 is 9.15 Å². The van der Waals surface area contributed by atoms with E-state index in [9.17, 15) is 4.39 Å². The van der Waals surface area contributed by atoms with Crippen molar-refractivity contribution in [2.45, 2.75) is 6.61 Å². The topological polar surface area (TPSA) is 22.4 Å². The number of rotatable bonds is 3. The summed E-state index contributed by atoms with van der Waals surface area (Å²) in [6.45, 7) is 0.404. The molecule has 1 aromatic heterocycles. The number of ether oxygens (including phenoxy) is 1. The summed E-state index contributed by atoms with van der Waals surface area (Å²) in [6, 6.07) is 6.12. The molecular weight excluding hydrogens is 263 g/mol. The maximum atomic E-state index is 12.8. The van der Waals surface area contributed by atoms with Gasteiger partial charge in [-0.2, -0.15) is 0 Å². The molecule has 0 radical (unpaired) electrons. The van der Waals surface area contributed by atoms with Crippen LogP contribution in [0.15, 0.2) is 45.7 Å². The summed E-state index contributed by atoms with van der Waals surface area (Å²) < 4.78 is 23.7. The summed E-state index contributed by atoms with van der Waals surface area (Å²) >= 11 is 3.22. The van der Waals surface area contributed by atoms with Gasteiger partial charge in [0.1, 0.15) is 18.2 Å². The zero-order valence-electron chi connectivity index (χ0n) is 7.74. The molecule has 0 bridgehead atoms. The first kappa shape index (κ1) is 10.2. The lowest BCUT2D eigenvalue weighted by atomic mass is 10.3. The van der Waals surface area contributed by atoms with E-state index in [4.69, 9.17) is 9.15 Å². The fourth-order valence-electron chi connectivity index (χ4n) is 1.13. The Bertz CT molecular complexity index is 440. The minimum atomic E-state index is -0.294. The predicted octanol–water partition coefficient (Wildman–Crippen LogP) is 3.76. The highest BCUT2D eigenvalue weighted by Crippen LogP contribution is 2.26. The molecule has 1 aromatic carbocycles. The van der Waals surface area contributed by atoms with Crippen molar-refractivity contribution in [3.63, 3.8) is 0 Å². The van der Waals surface area contributed by atoms with Crippen molar-refractivity contribution < 1.29 is 13.5 Å². The molecule has 0 aliphatic carbocycles. The van der Waals surface area contributed by atoms with Gasteiger partial charge in [0.05, 0.1) is 17.0 Å². The molecule has 0 fully saturated rings. The Morgan fingerprint density at radius 3 is 2.87 bits per heavy atom. The van der Waals surface area contributed by atoms with Gasteiger partial charge in [-0.1, -0.05) is 0 Å². The van der Waals surface area contributed by atoms with Crippen molar-refractivity contribution >= 4 is 15.9 Å². The van der Waals surface area contributed by atoms with Gasteiger partial charge >= 0.3 is 0 Å². The Kier molecular flexibility index (Phi) is 3.06. The van der Waals surface area contributed by atoms with Crippen molar-refractivity contribution in [3.05, 3.63) is 52.6 Å². The normalized spacial score (nSPS) is 10.3. The zero-order valence-corrected chi connectivity index (χ0v) is 9.33. The molecule has 4 heteroatoms. The molecule has 2 nitrogen and oxygen atoms in total. The Hall–Kier alpha value is -1.29. The molecular formula is C11H8BrFO2. The lowest BCUT2D eigenvalue weighted by molar-refractivity contribution is 0.302. The third kappa shape index (κ3) is 2.59. The van der Waals surface area contributed by atoms with E-state index in [0.717, 1.165) is 5.56 Å². The Morgan fingerprint density at radius 2 is 2.20 bits per heavy atom. The first-order valence-corrected chi connectivity index (χ1v) is 5.14. The summed E-state index contributed by atoms with van der Waals surface area (Å²) in [5.74, 6) is 0.315. The lowest BCUT2D eigenvalue weighted by Crippen LogP contribution is -1.94. The average Bonchev–Trinajstić information content (AvgIpc) is 2.69. The first-order chi connectivity index (χ1) is 7.25. The summed E-state index contributed by atoms with van der Waals surface area (Å²) in [6.07, 6.45) is 3.19. The SMILES string of the molecule is Fc1ccc(OCc2ccoc2)c(Br)c1. The monoisotopic (exact) mass is 270 g/mol. The molecule has 0 atom stereocenters. The predicted molar refractivity (Wildman–Crippen MR) is 57.1 cm³/mol. The van der Waals surface area contributed by atoms with Crippen molar-refractivity contribution in [1.82, 2.24) is 0 Å². The Balaban J connectivity index is 2.05. The van der Waals surface area contributed by atoms with Crippen LogP contribution in [0.5, 0.6) is 5.75 Å². The van der Waals surface area contributed by atoms with E-state index in [1.165, 1.54) is 12.1 Å². The van der Waals surface area contributed by atoms with Gasteiger partial charge in [0.15, 0.2) is 0 Å². The highest BCUT2D eigenvalue weighted by atomic mass is 79.9. The summed E-state index contributed by atoms with van der Waals surface area (Å²) in [5, 5.41) is 0. The second-order valence-electron chi connectivity index (χ2n) is 3.00. The average molecular weight is 271 g/mol. The Morgan fingerprint density at radius 1 is 1.33 bits per heavy atom. The molecule has 0 N–H and O–H groups in total. The van der Waals surface area contributed by atoms with Gasteiger partial charge in [-0.3, -0.25) is 0 Å². The molecule has 78 valence electrons. The summed E-state index contributed by atoms with van der Waals surface area (Å²) in [7, 11) is 0. The van der Waals surface area contributed by atoms with Gasteiger partial charge in [0, 0.05) is 5.56 Å². The van der Waals surface area contributed by atoms with Gasteiger partial charge in [-0.25, -0.2) is 4.39 Å². The molecule has 0 aliphatic rings. The molecule has 0 aliphatic heterocycles. The second kappa shape index (κ2) is 4.49. The van der Waals surface area contributed by atoms with Gasteiger partial charge in [0.25, 0.3) is 0 Å². The first-order valence-electron chi connectivity index (χ1n) is 4.34. The van der Waals surface area contributed by atoms with Crippen molar-refractivity contribution in [3.8, 4) is 5.75 Å². The van der Waals surface area contributed by atoms with E-state index in [1.807, 2.05) is 6.07 Å². The van der Waals surface area contributed by atoms with E-state index in [2.05, 4.69) is 15.9 Å². The van der Waals surface area contributed by atoms with Gasteiger partial charge in [-0.15, -0.1) is 0 Å². The standard InChI is InChI=1S/C11H8BrFO2/c12-10-5-9(13)1-2-11(10)15-7-8-3-4-14-6-8/h1-6H,7H2. The van der Waals surface area contributed by atoms with Gasteiger partial charge in [-0.05, 0) is 40.2 Å². The van der Waals surface area contributed by atoms with E-state index in [0.29, 0.717) is 16.8 Å². The number of furan rings is 1. The second-order valence-corrected chi connectivity index (χ2v) is 3.85. The van der Waals surface area contributed by atoms with E-state index in [1.54, 1.807) is 18.6 Å². The number of halogens is 2. The van der Waals surface area contributed by atoms with Crippen molar-refractivity contribution in [1.29, 1.82) is 0 Å². The third-order valence-corrected chi connectivity index (χ3v) is 2.49. The lowest BCUT2D eigenvalue weighted by Gasteiger charge is -2.06. The Labute approximate surface area is 94.8 Å². The van der Waals surface area contributed by atoms with Crippen molar-refractivity contribution in [2.24, 2.45) is 0 Å². The van der Waals surface area contributed by atoms with Gasteiger partial charge in [0.2, 0.25) is 0 Å². The molecule has 0 saturated heterocycles. The number of benzene rings is 1. The number of hydrogen-bond acceptors (Lipinski definition) is 2. The molecule has 2 rings (SSSR count). The van der Waals surface area contributed by atoms with E-state index in [-0.39, 0.29) is 5.82 Å². The van der Waals surface area contributed by atoms with Crippen molar-refractivity contribution in [2.75, 3.05) is 0 Å². The summed E-state index contributed by atoms with van der Waals surface area (Å²) in [5.41, 5.74) is 0.936. The fourth-order valence-corrected chi connectivity index (χ4v) is 1.59. The van der Waals surface area contributed by atoms with E-state index >= 15 is 0 Å². The summed E-state index contributed by atoms with van der Waals surface area (Å²) in [4.78, 5) is 0. The van der Waals surface area contributed by atoms with Crippen LogP contribution < -0.4 is 4.74 Å². The van der Waals surface area contributed by atoms with Crippen LogP contribution in [-0.2, 0) is 6.61 Å². The number of hydrogen-bond donors (Lipinski definition) is 0. The van der Waals surface area contributed by atoms with Crippen LogP contribution in [0.3, 0.4) is 0 Å². The van der Waals surface area contributed by atoms with Crippen LogP contribution in [0.2, 0.25) is 0 Å². The molecule has 2 aromatic rings. The largest absolute Gasteiger partial charge is 0.488 e. The fraction of sp³-hybridized carbons (Fsp3) is 0.0909. The maximum absolute atomic E-state index is 12.8. The quantitative estimate of drug-likeness (QED) is 0.848. The highest BCUT2D eigenvalue weighted by molar-refractivity contribution is 9.10. The molecule has 15 heavy (non-hydrogen) atoms. The smallest absolute Gasteiger partial charge is 0.134 e. The molecule has 0 amide bonds. The molecule has 0 unspecified atom stereocenters. The minimum absolute atomic E-state index is 0.294. The van der Waals surface area contributed by atoms with Crippen LogP contribution in [0, 0.1) is 5.82 Å². The highest BCUT2D eigenvalue weighted by Gasteiger charge is 2.03. The van der Waals surface area contributed by atoms with Crippen LogP contribution in [0.4, 0.5) is 4.39 Å². The van der Waals surface area contributed by atoms with Crippen LogP contribution in [-0.4, -0.2) is 0 Å². The molecule has 0 spiro atoms. The van der Waals surface area contributed by atoms with Crippen LogP contribution in [0.1, 0.15) is 5.56 Å². The maximum Gasteiger partial charge on any atom is 0.134 e. The minimum Gasteiger partial charge on any atom is -0.488 e. The zero-order chi connectivity index (χ0) is 10.7. The third-order valence-electron chi connectivity index (χ3n) is 1.87. The molecule has 1 heterocycles. The molecule has 0 saturated carbocycles. The van der Waals surface area contributed by atoms with Crippen LogP contribution in [0.25, 0.3) is 0 Å². The van der Waals surface area contributed by atoms with Crippen LogP contribution >= 0.6 is 15.9 Å².